The number of aromatic nitrogens is 2. The highest BCUT2D eigenvalue weighted by Gasteiger charge is 2.17. The number of carbonyl (C=O) groups is 2. The van der Waals surface area contributed by atoms with E-state index in [0.717, 1.165) is 5.56 Å². The molecule has 2 N–H and O–H groups in total. The van der Waals surface area contributed by atoms with Crippen LogP contribution in [0.1, 0.15) is 10.6 Å². The lowest BCUT2D eigenvalue weighted by Crippen LogP contribution is -2.29. The van der Waals surface area contributed by atoms with Crippen LogP contribution < -0.4 is 15.4 Å². The molecule has 110 valence electrons. The van der Waals surface area contributed by atoms with Gasteiger partial charge in [-0.3, -0.25) is 14.9 Å². The van der Waals surface area contributed by atoms with E-state index in [9.17, 15) is 9.59 Å². The van der Waals surface area contributed by atoms with Crippen LogP contribution >= 0.6 is 11.3 Å². The summed E-state index contributed by atoms with van der Waals surface area (Å²) < 4.78 is 5.14. The van der Waals surface area contributed by atoms with Crippen molar-refractivity contribution in [3.8, 4) is 5.75 Å². The quantitative estimate of drug-likeness (QED) is 0.843. The zero-order chi connectivity index (χ0) is 15.4. The molecule has 21 heavy (non-hydrogen) atoms. The maximum atomic E-state index is 11.9. The Hall–Kier alpha value is -2.48. The molecule has 2 amide bonds. The zero-order valence-electron chi connectivity index (χ0n) is 11.8. The lowest BCUT2D eigenvalue weighted by atomic mass is 10.2. The van der Waals surface area contributed by atoms with Crippen molar-refractivity contribution in [1.29, 1.82) is 0 Å². The number of hydrogen-bond donors (Lipinski definition) is 2. The topological polar surface area (TPSA) is 93.2 Å². The normalized spacial score (nSPS) is 10.0. The summed E-state index contributed by atoms with van der Waals surface area (Å²) in [7, 11) is 1.49. The number of benzene rings is 1. The van der Waals surface area contributed by atoms with Crippen molar-refractivity contribution >= 4 is 34.0 Å². The van der Waals surface area contributed by atoms with Gasteiger partial charge in [0.25, 0.3) is 0 Å². The van der Waals surface area contributed by atoms with Crippen molar-refractivity contribution in [2.45, 2.75) is 13.8 Å². The summed E-state index contributed by atoms with van der Waals surface area (Å²) in [5.74, 6) is -1.13. The molecule has 0 saturated heterocycles. The van der Waals surface area contributed by atoms with E-state index in [0.29, 0.717) is 16.4 Å². The van der Waals surface area contributed by atoms with Gasteiger partial charge in [0.15, 0.2) is 0 Å². The van der Waals surface area contributed by atoms with Crippen LogP contribution in [0, 0.1) is 13.8 Å². The molecule has 0 saturated carbocycles. The molecule has 0 fully saturated rings. The number of aryl methyl sites for hydroxylation is 2. The fourth-order valence-corrected chi connectivity index (χ4v) is 2.19. The van der Waals surface area contributed by atoms with Gasteiger partial charge in [0, 0.05) is 0 Å². The first kappa shape index (κ1) is 14.9. The lowest BCUT2D eigenvalue weighted by Gasteiger charge is -2.10. The van der Waals surface area contributed by atoms with Gasteiger partial charge in [-0.05, 0) is 31.5 Å². The highest BCUT2D eigenvalue weighted by Crippen LogP contribution is 2.25. The molecule has 1 aromatic heterocycles. The Morgan fingerprint density at radius 2 is 1.86 bits per heavy atom. The molecule has 1 aromatic carbocycles. The van der Waals surface area contributed by atoms with Gasteiger partial charge in [-0.15, -0.1) is 10.2 Å². The van der Waals surface area contributed by atoms with Crippen LogP contribution in [-0.4, -0.2) is 29.1 Å². The molecule has 8 heteroatoms. The Bertz CT molecular complexity index is 684. The van der Waals surface area contributed by atoms with E-state index in [1.165, 1.54) is 18.4 Å². The largest absolute Gasteiger partial charge is 0.495 e. The predicted molar refractivity (Wildman–Crippen MR) is 79.6 cm³/mol. The van der Waals surface area contributed by atoms with Crippen molar-refractivity contribution < 1.29 is 14.3 Å². The summed E-state index contributed by atoms with van der Waals surface area (Å²) in [6.45, 7) is 3.63. The number of nitrogens with zero attached hydrogens (tertiary/aromatic N) is 2. The SMILES string of the molecule is COc1ccc(C)cc1NC(=O)C(=O)Nc1nnc(C)s1. The number of hydrogen-bond acceptors (Lipinski definition) is 6. The Balaban J connectivity index is 2.07. The molecule has 2 rings (SSSR count). The van der Waals surface area contributed by atoms with E-state index < -0.39 is 11.8 Å². The summed E-state index contributed by atoms with van der Waals surface area (Å²) in [5.41, 5.74) is 1.37. The van der Waals surface area contributed by atoms with E-state index in [1.807, 2.05) is 13.0 Å². The predicted octanol–water partition coefficient (Wildman–Crippen LogP) is 1.74. The van der Waals surface area contributed by atoms with E-state index in [1.54, 1.807) is 19.1 Å². The fraction of sp³-hybridized carbons (Fsp3) is 0.231. The summed E-state index contributed by atoms with van der Waals surface area (Å²) in [6.07, 6.45) is 0. The number of methoxy groups -OCH3 is 1. The molecular formula is C13H14N4O3S. The van der Waals surface area contributed by atoms with Crippen molar-refractivity contribution in [2.75, 3.05) is 17.7 Å². The van der Waals surface area contributed by atoms with Crippen molar-refractivity contribution in [3.05, 3.63) is 28.8 Å². The first-order chi connectivity index (χ1) is 9.99. The third-order valence-corrected chi connectivity index (χ3v) is 3.31. The van der Waals surface area contributed by atoms with E-state index in [2.05, 4.69) is 20.8 Å². The molecule has 0 aliphatic carbocycles. The number of anilines is 2. The Labute approximate surface area is 125 Å². The minimum absolute atomic E-state index is 0.281. The summed E-state index contributed by atoms with van der Waals surface area (Å²) in [5, 5.41) is 13.4. The van der Waals surface area contributed by atoms with Crippen molar-refractivity contribution in [3.63, 3.8) is 0 Å². The number of ether oxygens (including phenoxy) is 1. The molecule has 0 bridgehead atoms. The first-order valence-electron chi connectivity index (χ1n) is 6.06. The summed E-state index contributed by atoms with van der Waals surface area (Å²) in [4.78, 5) is 23.7. The fourth-order valence-electron chi connectivity index (χ4n) is 1.60. The second-order valence-electron chi connectivity index (χ2n) is 4.24. The minimum Gasteiger partial charge on any atom is -0.495 e. The lowest BCUT2D eigenvalue weighted by molar-refractivity contribution is -0.133. The monoisotopic (exact) mass is 306 g/mol. The van der Waals surface area contributed by atoms with Gasteiger partial charge in [0.05, 0.1) is 12.8 Å². The standard InChI is InChI=1S/C13H14N4O3S/c1-7-4-5-10(20-3)9(6-7)14-11(18)12(19)15-13-17-16-8(2)21-13/h4-6H,1-3H3,(H,14,18)(H,15,17,19). The van der Waals surface area contributed by atoms with Gasteiger partial charge in [-0.25, -0.2) is 0 Å². The summed E-state index contributed by atoms with van der Waals surface area (Å²) in [6, 6.07) is 5.29. The maximum absolute atomic E-state index is 11.9. The number of carbonyl (C=O) groups excluding carboxylic acids is 2. The van der Waals surface area contributed by atoms with E-state index in [-0.39, 0.29) is 5.13 Å². The van der Waals surface area contributed by atoms with Gasteiger partial charge in [-0.2, -0.15) is 0 Å². The minimum atomic E-state index is -0.810. The zero-order valence-corrected chi connectivity index (χ0v) is 12.6. The average molecular weight is 306 g/mol. The van der Waals surface area contributed by atoms with Crippen LogP contribution in [0.15, 0.2) is 18.2 Å². The Morgan fingerprint density at radius 1 is 1.14 bits per heavy atom. The molecule has 7 nitrogen and oxygen atoms in total. The van der Waals surface area contributed by atoms with Crippen LogP contribution in [0.25, 0.3) is 0 Å². The van der Waals surface area contributed by atoms with Crippen LogP contribution in [0.4, 0.5) is 10.8 Å². The van der Waals surface area contributed by atoms with Gasteiger partial charge >= 0.3 is 11.8 Å². The molecule has 0 aliphatic heterocycles. The Morgan fingerprint density at radius 3 is 2.48 bits per heavy atom. The molecule has 0 radical (unpaired) electrons. The molecule has 0 aliphatic rings. The molecule has 2 aromatic rings. The van der Waals surface area contributed by atoms with Crippen LogP contribution in [0.2, 0.25) is 0 Å². The van der Waals surface area contributed by atoms with Gasteiger partial charge in [-0.1, -0.05) is 17.4 Å². The molecule has 0 unspecified atom stereocenters. The highest BCUT2D eigenvalue weighted by molar-refractivity contribution is 7.15. The third kappa shape index (κ3) is 3.76. The van der Waals surface area contributed by atoms with Gasteiger partial charge < -0.3 is 10.1 Å². The van der Waals surface area contributed by atoms with Gasteiger partial charge in [0.1, 0.15) is 10.8 Å². The maximum Gasteiger partial charge on any atom is 0.315 e. The van der Waals surface area contributed by atoms with Crippen molar-refractivity contribution in [2.24, 2.45) is 0 Å². The van der Waals surface area contributed by atoms with Crippen molar-refractivity contribution in [1.82, 2.24) is 10.2 Å². The van der Waals surface area contributed by atoms with Crippen LogP contribution in [-0.2, 0) is 9.59 Å². The molecular weight excluding hydrogens is 292 g/mol. The summed E-state index contributed by atoms with van der Waals surface area (Å²) >= 11 is 1.19. The second-order valence-corrected chi connectivity index (χ2v) is 5.42. The first-order valence-corrected chi connectivity index (χ1v) is 6.88. The smallest absolute Gasteiger partial charge is 0.315 e. The van der Waals surface area contributed by atoms with E-state index >= 15 is 0 Å². The average Bonchev–Trinajstić information content (AvgIpc) is 2.84. The van der Waals surface area contributed by atoms with Gasteiger partial charge in [0.2, 0.25) is 5.13 Å². The van der Waals surface area contributed by atoms with Crippen LogP contribution in [0.3, 0.4) is 0 Å². The highest BCUT2D eigenvalue weighted by atomic mass is 32.1. The number of rotatable bonds is 3. The second kappa shape index (κ2) is 6.31. The third-order valence-electron chi connectivity index (χ3n) is 2.56. The number of amides is 2. The number of nitrogens with one attached hydrogen (secondary N) is 2. The Kier molecular flexibility index (Phi) is 4.49. The van der Waals surface area contributed by atoms with E-state index in [4.69, 9.17) is 4.74 Å². The van der Waals surface area contributed by atoms with Crippen LogP contribution in [0.5, 0.6) is 5.75 Å². The molecule has 0 spiro atoms. The molecule has 1 heterocycles. The molecule has 0 atom stereocenters.